The first-order valence-electron chi connectivity index (χ1n) is 12.4. The molecule has 1 saturated carbocycles. The van der Waals surface area contributed by atoms with E-state index >= 15 is 0 Å². The predicted molar refractivity (Wildman–Crippen MR) is 136 cm³/mol. The van der Waals surface area contributed by atoms with E-state index in [2.05, 4.69) is 48.0 Å². The molecule has 0 spiro atoms. The van der Waals surface area contributed by atoms with Crippen LogP contribution in [0.2, 0.25) is 0 Å². The summed E-state index contributed by atoms with van der Waals surface area (Å²) in [6.07, 6.45) is 6.00. The molecule has 0 bridgehead atoms. The Kier molecular flexibility index (Phi) is 7.84. The molecule has 1 heterocycles. The van der Waals surface area contributed by atoms with Crippen LogP contribution in [0.15, 0.2) is 72.9 Å². The third-order valence-corrected chi connectivity index (χ3v) is 6.45. The Morgan fingerprint density at radius 2 is 1.71 bits per heavy atom. The summed E-state index contributed by atoms with van der Waals surface area (Å²) in [7, 11) is 0. The Labute approximate surface area is 203 Å². The minimum Gasteiger partial charge on any atom is -0.345 e. The minimum atomic E-state index is -0.0648. The first-order valence-corrected chi connectivity index (χ1v) is 12.4. The molecule has 34 heavy (non-hydrogen) atoms. The van der Waals surface area contributed by atoms with Crippen molar-refractivity contribution in [2.75, 3.05) is 13.1 Å². The molecule has 0 N–H and O–H groups in total. The van der Waals surface area contributed by atoms with E-state index in [0.717, 1.165) is 43.5 Å². The molecule has 0 radical (unpaired) electrons. The van der Waals surface area contributed by atoms with E-state index in [1.54, 1.807) is 4.90 Å². The Morgan fingerprint density at radius 1 is 0.971 bits per heavy atom. The summed E-state index contributed by atoms with van der Waals surface area (Å²) < 4.78 is 2.21. The van der Waals surface area contributed by atoms with Crippen molar-refractivity contribution in [3.8, 4) is 0 Å². The Hall–Kier alpha value is -3.34. The van der Waals surface area contributed by atoms with Gasteiger partial charge in [0.25, 0.3) is 5.91 Å². The Bertz CT molecular complexity index is 1080. The molecule has 2 aromatic carbocycles. The van der Waals surface area contributed by atoms with Crippen LogP contribution in [0.25, 0.3) is 0 Å². The van der Waals surface area contributed by atoms with Crippen LogP contribution in [0.1, 0.15) is 59.8 Å². The fraction of sp³-hybridized carbons (Fsp3) is 0.379. The smallest absolute Gasteiger partial charge is 0.254 e. The summed E-state index contributed by atoms with van der Waals surface area (Å²) >= 11 is 0. The van der Waals surface area contributed by atoms with Crippen molar-refractivity contribution in [2.45, 2.75) is 58.7 Å². The van der Waals surface area contributed by atoms with E-state index in [4.69, 9.17) is 0 Å². The molecule has 5 heteroatoms. The number of hydrogen-bond donors (Lipinski definition) is 0. The van der Waals surface area contributed by atoms with Crippen LogP contribution in [0.4, 0.5) is 0 Å². The second kappa shape index (κ2) is 11.2. The molecule has 0 unspecified atom stereocenters. The highest BCUT2D eigenvalue weighted by Crippen LogP contribution is 2.29. The number of carbonyl (C=O) groups excluding carboxylic acids is 2. The second-order valence-corrected chi connectivity index (χ2v) is 9.31. The van der Waals surface area contributed by atoms with Crippen LogP contribution in [0, 0.1) is 6.92 Å². The number of aromatic nitrogens is 1. The molecule has 1 aliphatic rings. The Morgan fingerprint density at radius 3 is 2.38 bits per heavy atom. The first-order chi connectivity index (χ1) is 16.5. The van der Waals surface area contributed by atoms with Gasteiger partial charge in [-0.1, -0.05) is 61.4 Å². The highest BCUT2D eigenvalue weighted by molar-refractivity contribution is 5.96. The number of benzene rings is 2. The van der Waals surface area contributed by atoms with E-state index in [1.807, 2.05) is 48.2 Å². The molecule has 1 aliphatic carbocycles. The number of carbonyl (C=O) groups is 2. The summed E-state index contributed by atoms with van der Waals surface area (Å²) in [4.78, 5) is 30.5. The first kappa shape index (κ1) is 23.8. The zero-order valence-corrected chi connectivity index (χ0v) is 20.3. The summed E-state index contributed by atoms with van der Waals surface area (Å²) in [6, 6.07) is 22.4. The van der Waals surface area contributed by atoms with Crippen LogP contribution < -0.4 is 0 Å². The number of unbranched alkanes of at least 4 members (excludes halogenated alkanes) is 1. The van der Waals surface area contributed by atoms with Gasteiger partial charge in [-0.3, -0.25) is 9.59 Å². The number of amides is 2. The molecule has 1 fully saturated rings. The van der Waals surface area contributed by atoms with Crippen molar-refractivity contribution < 1.29 is 9.59 Å². The highest BCUT2D eigenvalue weighted by atomic mass is 16.2. The summed E-state index contributed by atoms with van der Waals surface area (Å²) in [6.45, 7) is 6.19. The summed E-state index contributed by atoms with van der Waals surface area (Å²) in [5, 5.41) is 0. The maximum atomic E-state index is 13.5. The van der Waals surface area contributed by atoms with Gasteiger partial charge in [-0.05, 0) is 56.0 Å². The predicted octanol–water partition coefficient (Wildman–Crippen LogP) is 5.28. The van der Waals surface area contributed by atoms with E-state index in [-0.39, 0.29) is 24.4 Å². The molecule has 0 saturated heterocycles. The van der Waals surface area contributed by atoms with Crippen molar-refractivity contribution >= 4 is 11.8 Å². The summed E-state index contributed by atoms with van der Waals surface area (Å²) in [5.41, 5.74) is 4.11. The maximum absolute atomic E-state index is 13.5. The quantitative estimate of drug-likeness (QED) is 0.393. The molecule has 178 valence electrons. The molecular weight excluding hydrogens is 422 g/mol. The zero-order chi connectivity index (χ0) is 23.9. The summed E-state index contributed by atoms with van der Waals surface area (Å²) in [5.74, 6) is -0.0310. The van der Waals surface area contributed by atoms with Gasteiger partial charge in [-0.25, -0.2) is 0 Å². The minimum absolute atomic E-state index is 0.0338. The van der Waals surface area contributed by atoms with Crippen LogP contribution >= 0.6 is 0 Å². The van der Waals surface area contributed by atoms with Crippen LogP contribution in [0.5, 0.6) is 0 Å². The lowest BCUT2D eigenvalue weighted by Crippen LogP contribution is -2.44. The van der Waals surface area contributed by atoms with E-state index in [1.165, 1.54) is 5.56 Å². The van der Waals surface area contributed by atoms with Crippen molar-refractivity contribution in [2.24, 2.45) is 0 Å². The third-order valence-electron chi connectivity index (χ3n) is 6.45. The third kappa shape index (κ3) is 6.16. The zero-order valence-electron chi connectivity index (χ0n) is 20.3. The molecule has 0 atom stereocenters. The molecular formula is C29H35N3O2. The molecule has 0 aliphatic heterocycles. The molecule has 4 rings (SSSR count). The van der Waals surface area contributed by atoms with Crippen LogP contribution in [-0.2, 0) is 17.9 Å². The van der Waals surface area contributed by atoms with Gasteiger partial charge in [0.1, 0.15) is 6.54 Å². The van der Waals surface area contributed by atoms with Crippen LogP contribution in [-0.4, -0.2) is 45.3 Å². The lowest BCUT2D eigenvalue weighted by atomic mass is 10.1. The maximum Gasteiger partial charge on any atom is 0.254 e. The monoisotopic (exact) mass is 457 g/mol. The van der Waals surface area contributed by atoms with E-state index in [9.17, 15) is 9.59 Å². The van der Waals surface area contributed by atoms with E-state index < -0.39 is 0 Å². The van der Waals surface area contributed by atoms with Crippen LogP contribution in [0.3, 0.4) is 0 Å². The van der Waals surface area contributed by atoms with E-state index in [0.29, 0.717) is 18.7 Å². The van der Waals surface area contributed by atoms with Gasteiger partial charge in [-0.15, -0.1) is 0 Å². The fourth-order valence-corrected chi connectivity index (χ4v) is 4.24. The topological polar surface area (TPSA) is 45.6 Å². The normalized spacial score (nSPS) is 13.0. The van der Waals surface area contributed by atoms with Crippen molar-refractivity contribution in [3.05, 3.63) is 95.3 Å². The van der Waals surface area contributed by atoms with Crippen molar-refractivity contribution in [3.63, 3.8) is 0 Å². The number of rotatable bonds is 11. The SMILES string of the molecule is CCCCN(CC(=O)N(Cc1cccn1Cc1ccccc1)C1CC1)C(=O)c1ccc(C)cc1. The Balaban J connectivity index is 1.47. The number of hydrogen-bond acceptors (Lipinski definition) is 2. The van der Waals surface area contributed by atoms with Gasteiger partial charge in [0.05, 0.1) is 6.54 Å². The lowest BCUT2D eigenvalue weighted by molar-refractivity contribution is -0.133. The number of nitrogens with zero attached hydrogens (tertiary/aromatic N) is 3. The largest absolute Gasteiger partial charge is 0.345 e. The molecule has 5 nitrogen and oxygen atoms in total. The van der Waals surface area contributed by atoms with Gasteiger partial charge in [0.2, 0.25) is 5.91 Å². The van der Waals surface area contributed by atoms with Gasteiger partial charge < -0.3 is 14.4 Å². The molecule has 2 amide bonds. The highest BCUT2D eigenvalue weighted by Gasteiger charge is 2.34. The van der Waals surface area contributed by atoms with Gasteiger partial charge >= 0.3 is 0 Å². The molecule has 1 aromatic heterocycles. The molecule has 3 aromatic rings. The fourth-order valence-electron chi connectivity index (χ4n) is 4.24. The van der Waals surface area contributed by atoms with Gasteiger partial charge in [0.15, 0.2) is 0 Å². The van der Waals surface area contributed by atoms with Gasteiger partial charge in [-0.2, -0.15) is 0 Å². The van der Waals surface area contributed by atoms with Crippen molar-refractivity contribution in [1.82, 2.24) is 14.4 Å². The average Bonchev–Trinajstić information content (AvgIpc) is 3.60. The van der Waals surface area contributed by atoms with Crippen molar-refractivity contribution in [1.29, 1.82) is 0 Å². The standard InChI is InChI=1S/C29H35N3O2/c1-3-4-18-31(29(34)25-14-12-23(2)13-15-25)22-28(33)32(26-16-17-26)21-27-11-8-19-30(27)20-24-9-6-5-7-10-24/h5-15,19,26H,3-4,16-18,20-22H2,1-2H3. The second-order valence-electron chi connectivity index (χ2n) is 9.31. The average molecular weight is 458 g/mol. The lowest BCUT2D eigenvalue weighted by Gasteiger charge is -2.28. The number of aryl methyl sites for hydroxylation is 1. The van der Waals surface area contributed by atoms with Gasteiger partial charge in [0, 0.05) is 36.6 Å².